The van der Waals surface area contributed by atoms with Gasteiger partial charge in [0.2, 0.25) is 5.89 Å². The van der Waals surface area contributed by atoms with Crippen molar-refractivity contribution < 1.29 is 4.52 Å². The topological polar surface area (TPSA) is 93.2 Å². The van der Waals surface area contributed by atoms with Gasteiger partial charge in [-0.15, -0.1) is 0 Å². The van der Waals surface area contributed by atoms with E-state index < -0.39 is 0 Å². The SMILES string of the molecule is CN=C(NCCc1nc(C(C)C)no1)NC(C)Cc1c(C)nn(C)c1C. The lowest BCUT2D eigenvalue weighted by atomic mass is 10.1. The second-order valence-electron chi connectivity index (χ2n) is 6.97. The van der Waals surface area contributed by atoms with Crippen LogP contribution in [0.3, 0.4) is 0 Å². The van der Waals surface area contributed by atoms with E-state index in [9.17, 15) is 0 Å². The highest BCUT2D eigenvalue weighted by Gasteiger charge is 2.14. The molecular formula is C18H31N7O. The van der Waals surface area contributed by atoms with Crippen molar-refractivity contribution >= 4 is 5.96 Å². The minimum Gasteiger partial charge on any atom is -0.356 e. The van der Waals surface area contributed by atoms with Gasteiger partial charge in [-0.3, -0.25) is 9.67 Å². The zero-order valence-electron chi connectivity index (χ0n) is 16.9. The third kappa shape index (κ3) is 5.06. The van der Waals surface area contributed by atoms with Gasteiger partial charge in [0.05, 0.1) is 5.69 Å². The standard InChI is InChI=1S/C18H31N7O/c1-11(2)17-22-16(26-24-17)8-9-20-18(19-6)21-12(3)10-15-13(4)23-25(7)14(15)5/h11-12H,8-10H2,1-7H3,(H2,19,20,21). The quantitative estimate of drug-likeness (QED) is 0.578. The van der Waals surface area contributed by atoms with E-state index >= 15 is 0 Å². The number of hydrogen-bond acceptors (Lipinski definition) is 5. The first-order chi connectivity index (χ1) is 12.3. The predicted molar refractivity (Wildman–Crippen MR) is 102 cm³/mol. The summed E-state index contributed by atoms with van der Waals surface area (Å²) >= 11 is 0. The van der Waals surface area contributed by atoms with E-state index in [4.69, 9.17) is 4.52 Å². The first-order valence-electron chi connectivity index (χ1n) is 9.10. The predicted octanol–water partition coefficient (Wildman–Crippen LogP) is 1.88. The highest BCUT2D eigenvalue weighted by molar-refractivity contribution is 5.79. The maximum absolute atomic E-state index is 5.26. The zero-order chi connectivity index (χ0) is 19.3. The number of guanidine groups is 1. The molecule has 0 saturated carbocycles. The van der Waals surface area contributed by atoms with Gasteiger partial charge in [-0.1, -0.05) is 19.0 Å². The van der Waals surface area contributed by atoms with Gasteiger partial charge in [0.1, 0.15) is 0 Å². The van der Waals surface area contributed by atoms with Crippen LogP contribution in [0, 0.1) is 13.8 Å². The fourth-order valence-corrected chi connectivity index (χ4v) is 2.79. The van der Waals surface area contributed by atoms with Gasteiger partial charge in [0, 0.05) is 44.7 Å². The highest BCUT2D eigenvalue weighted by atomic mass is 16.5. The maximum atomic E-state index is 5.26. The summed E-state index contributed by atoms with van der Waals surface area (Å²) in [5, 5.41) is 15.2. The van der Waals surface area contributed by atoms with Crippen LogP contribution in [0.25, 0.3) is 0 Å². The molecule has 0 aromatic carbocycles. The smallest absolute Gasteiger partial charge is 0.228 e. The number of aliphatic imine (C=N–C) groups is 1. The molecule has 2 aromatic rings. The van der Waals surface area contributed by atoms with Crippen molar-refractivity contribution in [3.63, 3.8) is 0 Å². The average Bonchev–Trinajstić information content (AvgIpc) is 3.15. The normalized spacial score (nSPS) is 13.3. The monoisotopic (exact) mass is 361 g/mol. The zero-order valence-corrected chi connectivity index (χ0v) is 16.9. The molecule has 0 aliphatic carbocycles. The molecule has 2 rings (SSSR count). The minimum atomic E-state index is 0.235. The maximum Gasteiger partial charge on any atom is 0.228 e. The van der Waals surface area contributed by atoms with E-state index in [0.29, 0.717) is 18.9 Å². The summed E-state index contributed by atoms with van der Waals surface area (Å²) in [5.41, 5.74) is 3.57. The molecule has 2 aromatic heterocycles. The summed E-state index contributed by atoms with van der Waals surface area (Å²) in [4.78, 5) is 8.67. The number of rotatable bonds is 7. The summed E-state index contributed by atoms with van der Waals surface area (Å²) < 4.78 is 7.19. The van der Waals surface area contributed by atoms with E-state index in [2.05, 4.69) is 51.6 Å². The largest absolute Gasteiger partial charge is 0.356 e. The summed E-state index contributed by atoms with van der Waals surface area (Å²) in [6.07, 6.45) is 1.56. The van der Waals surface area contributed by atoms with E-state index in [0.717, 1.165) is 23.9 Å². The Balaban J connectivity index is 1.82. The number of nitrogens with zero attached hydrogens (tertiary/aromatic N) is 5. The lowest BCUT2D eigenvalue weighted by Crippen LogP contribution is -2.43. The summed E-state index contributed by atoms with van der Waals surface area (Å²) in [7, 11) is 3.75. The first kappa shape index (κ1) is 19.9. The van der Waals surface area contributed by atoms with Crippen LogP contribution in [0.5, 0.6) is 0 Å². The Morgan fingerprint density at radius 1 is 1.27 bits per heavy atom. The van der Waals surface area contributed by atoms with Crippen LogP contribution >= 0.6 is 0 Å². The molecule has 0 amide bonds. The lowest BCUT2D eigenvalue weighted by molar-refractivity contribution is 0.371. The van der Waals surface area contributed by atoms with Crippen LogP contribution in [-0.4, -0.2) is 45.5 Å². The second kappa shape index (κ2) is 8.82. The van der Waals surface area contributed by atoms with Crippen molar-refractivity contribution in [1.82, 2.24) is 30.6 Å². The Labute approximate surface area is 155 Å². The molecule has 0 radical (unpaired) electrons. The van der Waals surface area contributed by atoms with Crippen molar-refractivity contribution in [2.75, 3.05) is 13.6 Å². The molecule has 0 aliphatic rings. The number of nitrogens with one attached hydrogen (secondary N) is 2. The van der Waals surface area contributed by atoms with Crippen LogP contribution in [0.2, 0.25) is 0 Å². The number of hydrogen-bond donors (Lipinski definition) is 2. The lowest BCUT2D eigenvalue weighted by Gasteiger charge is -2.18. The molecule has 0 saturated heterocycles. The van der Waals surface area contributed by atoms with Crippen molar-refractivity contribution in [3.8, 4) is 0 Å². The molecule has 1 unspecified atom stereocenters. The molecular weight excluding hydrogens is 330 g/mol. The number of aromatic nitrogens is 4. The van der Waals surface area contributed by atoms with Gasteiger partial charge < -0.3 is 15.2 Å². The van der Waals surface area contributed by atoms with Crippen LogP contribution in [0.15, 0.2) is 9.52 Å². The second-order valence-corrected chi connectivity index (χ2v) is 6.97. The van der Waals surface area contributed by atoms with Gasteiger partial charge >= 0.3 is 0 Å². The van der Waals surface area contributed by atoms with Gasteiger partial charge in [-0.05, 0) is 32.8 Å². The van der Waals surface area contributed by atoms with Crippen LogP contribution < -0.4 is 10.6 Å². The van der Waals surface area contributed by atoms with Crippen LogP contribution in [0.1, 0.15) is 55.4 Å². The van der Waals surface area contributed by atoms with E-state index in [1.54, 1.807) is 7.05 Å². The average molecular weight is 361 g/mol. The van der Waals surface area contributed by atoms with E-state index in [1.165, 1.54) is 11.3 Å². The Bertz CT molecular complexity index is 745. The minimum absolute atomic E-state index is 0.235. The van der Waals surface area contributed by atoms with Crippen molar-refractivity contribution in [2.45, 2.75) is 59.4 Å². The van der Waals surface area contributed by atoms with Gasteiger partial charge in [0.25, 0.3) is 0 Å². The molecule has 8 heteroatoms. The molecule has 0 fully saturated rings. The van der Waals surface area contributed by atoms with Crippen molar-refractivity contribution in [2.24, 2.45) is 12.0 Å². The molecule has 0 aliphatic heterocycles. The molecule has 2 heterocycles. The third-order valence-electron chi connectivity index (χ3n) is 4.41. The van der Waals surface area contributed by atoms with Gasteiger partial charge in [0.15, 0.2) is 11.8 Å². The molecule has 0 spiro atoms. The fraction of sp³-hybridized carbons (Fsp3) is 0.667. The van der Waals surface area contributed by atoms with E-state index in [1.807, 2.05) is 25.6 Å². The molecule has 26 heavy (non-hydrogen) atoms. The van der Waals surface area contributed by atoms with Crippen LogP contribution in [0.4, 0.5) is 0 Å². The molecule has 8 nitrogen and oxygen atoms in total. The summed E-state index contributed by atoms with van der Waals surface area (Å²) in [6.45, 7) is 11.1. The van der Waals surface area contributed by atoms with Gasteiger partial charge in [-0.2, -0.15) is 10.1 Å². The highest BCUT2D eigenvalue weighted by Crippen LogP contribution is 2.14. The molecule has 144 valence electrons. The van der Waals surface area contributed by atoms with Crippen molar-refractivity contribution in [1.29, 1.82) is 0 Å². The van der Waals surface area contributed by atoms with Crippen molar-refractivity contribution in [3.05, 3.63) is 28.7 Å². The summed E-state index contributed by atoms with van der Waals surface area (Å²) in [5.74, 6) is 2.43. The molecule has 2 N–H and O–H groups in total. The number of aryl methyl sites for hydroxylation is 2. The Morgan fingerprint density at radius 2 is 2.00 bits per heavy atom. The molecule has 1 atom stereocenters. The fourth-order valence-electron chi connectivity index (χ4n) is 2.79. The Morgan fingerprint density at radius 3 is 2.54 bits per heavy atom. The van der Waals surface area contributed by atoms with Gasteiger partial charge in [-0.25, -0.2) is 0 Å². The van der Waals surface area contributed by atoms with Crippen LogP contribution in [-0.2, 0) is 19.9 Å². The summed E-state index contributed by atoms with van der Waals surface area (Å²) in [6, 6.07) is 0.235. The first-order valence-corrected chi connectivity index (χ1v) is 9.10. The Hall–Kier alpha value is -2.38. The van der Waals surface area contributed by atoms with E-state index in [-0.39, 0.29) is 12.0 Å². The molecule has 0 bridgehead atoms. The third-order valence-corrected chi connectivity index (χ3v) is 4.41. The Kier molecular flexibility index (Phi) is 6.76.